The molecule has 2 rings (SSSR count). The van der Waals surface area contributed by atoms with Crippen molar-refractivity contribution in [3.63, 3.8) is 0 Å². The molecule has 0 atom stereocenters. The molecule has 1 saturated carbocycles. The SMILES string of the molecule is Cc1ccc(NC(=O)CC2(C(=O)O)CCC2)cc1Cl. The van der Waals surface area contributed by atoms with Gasteiger partial charge in [0.2, 0.25) is 5.91 Å². The highest BCUT2D eigenvalue weighted by atomic mass is 35.5. The van der Waals surface area contributed by atoms with Crippen LogP contribution in [0.1, 0.15) is 31.2 Å². The average molecular weight is 282 g/mol. The van der Waals surface area contributed by atoms with E-state index in [1.54, 1.807) is 12.1 Å². The van der Waals surface area contributed by atoms with Gasteiger partial charge in [-0.3, -0.25) is 9.59 Å². The molecule has 0 saturated heterocycles. The monoisotopic (exact) mass is 281 g/mol. The van der Waals surface area contributed by atoms with E-state index in [2.05, 4.69) is 5.32 Å². The Hall–Kier alpha value is -1.55. The lowest BCUT2D eigenvalue weighted by molar-refractivity contribution is -0.157. The normalized spacial score (nSPS) is 16.5. The summed E-state index contributed by atoms with van der Waals surface area (Å²) in [7, 11) is 0. The van der Waals surface area contributed by atoms with Gasteiger partial charge in [0.25, 0.3) is 0 Å². The van der Waals surface area contributed by atoms with Crippen molar-refractivity contribution in [3.05, 3.63) is 28.8 Å². The Balaban J connectivity index is 2.01. The second-order valence-corrected chi connectivity index (χ2v) is 5.54. The zero-order valence-electron chi connectivity index (χ0n) is 10.7. The van der Waals surface area contributed by atoms with Gasteiger partial charge < -0.3 is 10.4 Å². The molecule has 0 aliphatic heterocycles. The molecule has 1 aromatic carbocycles. The minimum Gasteiger partial charge on any atom is -0.481 e. The van der Waals surface area contributed by atoms with Crippen molar-refractivity contribution in [3.8, 4) is 0 Å². The number of carboxylic acid groups (broad SMARTS) is 1. The molecular formula is C14H16ClNO3. The molecule has 1 amide bonds. The molecule has 0 heterocycles. The Kier molecular flexibility index (Phi) is 3.80. The molecule has 102 valence electrons. The van der Waals surface area contributed by atoms with Crippen molar-refractivity contribution >= 4 is 29.2 Å². The maximum atomic E-state index is 11.9. The van der Waals surface area contributed by atoms with Gasteiger partial charge in [0.1, 0.15) is 0 Å². The van der Waals surface area contributed by atoms with Gasteiger partial charge >= 0.3 is 5.97 Å². The van der Waals surface area contributed by atoms with Crippen LogP contribution in [0.3, 0.4) is 0 Å². The van der Waals surface area contributed by atoms with Crippen molar-refractivity contribution in [2.24, 2.45) is 5.41 Å². The quantitative estimate of drug-likeness (QED) is 0.890. The molecule has 1 aliphatic rings. The van der Waals surface area contributed by atoms with Crippen LogP contribution in [-0.4, -0.2) is 17.0 Å². The van der Waals surface area contributed by atoms with E-state index in [9.17, 15) is 14.7 Å². The summed E-state index contributed by atoms with van der Waals surface area (Å²) in [5, 5.41) is 12.5. The smallest absolute Gasteiger partial charge is 0.310 e. The van der Waals surface area contributed by atoms with E-state index in [1.807, 2.05) is 13.0 Å². The number of carbonyl (C=O) groups is 2. The number of aryl methyl sites for hydroxylation is 1. The molecule has 1 fully saturated rings. The van der Waals surface area contributed by atoms with Crippen molar-refractivity contribution in [2.75, 3.05) is 5.32 Å². The van der Waals surface area contributed by atoms with E-state index in [4.69, 9.17) is 11.6 Å². The molecule has 5 heteroatoms. The van der Waals surface area contributed by atoms with Crippen LogP contribution in [0.4, 0.5) is 5.69 Å². The Morgan fingerprint density at radius 1 is 1.42 bits per heavy atom. The van der Waals surface area contributed by atoms with Gasteiger partial charge in [0.15, 0.2) is 0 Å². The lowest BCUT2D eigenvalue weighted by atomic mass is 9.66. The first-order valence-corrected chi connectivity index (χ1v) is 6.60. The Labute approximate surface area is 116 Å². The second-order valence-electron chi connectivity index (χ2n) is 5.13. The molecule has 0 unspecified atom stereocenters. The second kappa shape index (κ2) is 5.21. The standard InChI is InChI=1S/C14H16ClNO3/c1-9-3-4-10(7-11(9)15)16-12(17)8-14(13(18)19)5-2-6-14/h3-4,7H,2,5-6,8H2,1H3,(H,16,17)(H,18,19). The van der Waals surface area contributed by atoms with Gasteiger partial charge in [-0.2, -0.15) is 0 Å². The van der Waals surface area contributed by atoms with Gasteiger partial charge in [-0.05, 0) is 37.5 Å². The van der Waals surface area contributed by atoms with Crippen LogP contribution in [0.2, 0.25) is 5.02 Å². The fraction of sp³-hybridized carbons (Fsp3) is 0.429. The molecule has 0 bridgehead atoms. The minimum atomic E-state index is -0.879. The molecule has 0 aromatic heterocycles. The largest absolute Gasteiger partial charge is 0.481 e. The summed E-state index contributed by atoms with van der Waals surface area (Å²) in [6.07, 6.45) is 2.04. The first-order chi connectivity index (χ1) is 8.93. The number of rotatable bonds is 4. The molecule has 0 radical (unpaired) electrons. The minimum absolute atomic E-state index is 0.0217. The number of anilines is 1. The summed E-state index contributed by atoms with van der Waals surface area (Å²) in [4.78, 5) is 23.1. The number of carbonyl (C=O) groups excluding carboxylic acids is 1. The number of hydrogen-bond donors (Lipinski definition) is 2. The van der Waals surface area contributed by atoms with Crippen LogP contribution >= 0.6 is 11.6 Å². The topological polar surface area (TPSA) is 66.4 Å². The lowest BCUT2D eigenvalue weighted by Gasteiger charge is -2.36. The predicted molar refractivity (Wildman–Crippen MR) is 73.4 cm³/mol. The summed E-state index contributed by atoms with van der Waals surface area (Å²) < 4.78 is 0. The third kappa shape index (κ3) is 2.89. The maximum absolute atomic E-state index is 11.9. The maximum Gasteiger partial charge on any atom is 0.310 e. The zero-order chi connectivity index (χ0) is 14.0. The lowest BCUT2D eigenvalue weighted by Crippen LogP contribution is -2.41. The molecule has 2 N–H and O–H groups in total. The van der Waals surface area contributed by atoms with E-state index >= 15 is 0 Å². The van der Waals surface area contributed by atoms with Crippen molar-refractivity contribution < 1.29 is 14.7 Å². The van der Waals surface area contributed by atoms with Crippen molar-refractivity contribution in [2.45, 2.75) is 32.6 Å². The molecule has 0 spiro atoms. The van der Waals surface area contributed by atoms with Gasteiger partial charge in [-0.1, -0.05) is 24.1 Å². The molecule has 19 heavy (non-hydrogen) atoms. The number of carboxylic acids is 1. The Morgan fingerprint density at radius 2 is 2.11 bits per heavy atom. The summed E-state index contributed by atoms with van der Waals surface area (Å²) >= 11 is 5.97. The number of halogens is 1. The summed E-state index contributed by atoms with van der Waals surface area (Å²) in [6.45, 7) is 1.88. The number of hydrogen-bond acceptors (Lipinski definition) is 2. The Morgan fingerprint density at radius 3 is 2.58 bits per heavy atom. The van der Waals surface area contributed by atoms with E-state index in [1.165, 1.54) is 0 Å². The number of nitrogens with one attached hydrogen (secondary N) is 1. The van der Waals surface area contributed by atoms with Crippen LogP contribution in [0.15, 0.2) is 18.2 Å². The zero-order valence-corrected chi connectivity index (χ0v) is 11.5. The van der Waals surface area contributed by atoms with Crippen LogP contribution < -0.4 is 5.32 Å². The van der Waals surface area contributed by atoms with Gasteiger partial charge in [0.05, 0.1) is 5.41 Å². The predicted octanol–water partition coefficient (Wildman–Crippen LogP) is 3.23. The molecule has 1 aromatic rings. The van der Waals surface area contributed by atoms with Crippen LogP contribution in [-0.2, 0) is 9.59 Å². The van der Waals surface area contributed by atoms with Crippen molar-refractivity contribution in [1.82, 2.24) is 0 Å². The van der Waals surface area contributed by atoms with Gasteiger partial charge in [-0.25, -0.2) is 0 Å². The third-order valence-electron chi connectivity index (χ3n) is 3.72. The molecular weight excluding hydrogens is 266 g/mol. The number of aliphatic carboxylic acids is 1. The highest BCUT2D eigenvalue weighted by molar-refractivity contribution is 6.31. The molecule has 4 nitrogen and oxygen atoms in total. The van der Waals surface area contributed by atoms with E-state index in [-0.39, 0.29) is 12.3 Å². The summed E-state index contributed by atoms with van der Waals surface area (Å²) in [5.74, 6) is -1.15. The number of amides is 1. The highest BCUT2D eigenvalue weighted by Gasteiger charge is 2.45. The van der Waals surface area contributed by atoms with Gasteiger partial charge in [-0.15, -0.1) is 0 Å². The molecule has 1 aliphatic carbocycles. The fourth-order valence-corrected chi connectivity index (χ4v) is 2.43. The van der Waals surface area contributed by atoms with Crippen LogP contribution in [0, 0.1) is 12.3 Å². The first kappa shape index (κ1) is 13.9. The number of benzene rings is 1. The van der Waals surface area contributed by atoms with E-state index < -0.39 is 11.4 Å². The first-order valence-electron chi connectivity index (χ1n) is 6.22. The van der Waals surface area contributed by atoms with Crippen molar-refractivity contribution in [1.29, 1.82) is 0 Å². The average Bonchev–Trinajstić information content (AvgIpc) is 2.28. The highest BCUT2D eigenvalue weighted by Crippen LogP contribution is 2.44. The van der Waals surface area contributed by atoms with E-state index in [0.29, 0.717) is 23.6 Å². The van der Waals surface area contributed by atoms with Crippen LogP contribution in [0.5, 0.6) is 0 Å². The fourth-order valence-electron chi connectivity index (χ4n) is 2.25. The van der Waals surface area contributed by atoms with Gasteiger partial charge in [0, 0.05) is 17.1 Å². The van der Waals surface area contributed by atoms with E-state index in [0.717, 1.165) is 12.0 Å². The summed E-state index contributed by atoms with van der Waals surface area (Å²) in [6, 6.07) is 5.24. The summed E-state index contributed by atoms with van der Waals surface area (Å²) in [5.41, 5.74) is 0.666. The third-order valence-corrected chi connectivity index (χ3v) is 4.13. The Bertz CT molecular complexity index is 523. The van der Waals surface area contributed by atoms with Crippen LogP contribution in [0.25, 0.3) is 0 Å².